The lowest BCUT2D eigenvalue weighted by Crippen LogP contribution is -2.49. The first-order chi connectivity index (χ1) is 22.3. The highest BCUT2D eigenvalue weighted by atomic mass is 19.1. The molecule has 5 N–H and O–H groups in total. The van der Waals surface area contributed by atoms with Crippen LogP contribution in [0.2, 0.25) is 0 Å². The highest BCUT2D eigenvalue weighted by Crippen LogP contribution is 2.47. The lowest BCUT2D eigenvalue weighted by Gasteiger charge is -2.39. The van der Waals surface area contributed by atoms with Crippen molar-refractivity contribution in [3.05, 3.63) is 95.1 Å². The van der Waals surface area contributed by atoms with Gasteiger partial charge in [0.05, 0.1) is 0 Å². The molecule has 2 aromatic carbocycles. The molecular formula is C32H36F2N4O9. The smallest absolute Gasteiger partial charge is 0.328 e. The molecule has 47 heavy (non-hydrogen) atoms. The van der Waals surface area contributed by atoms with Crippen LogP contribution in [0.1, 0.15) is 35.1 Å². The molecule has 0 unspecified atom stereocenters. The summed E-state index contributed by atoms with van der Waals surface area (Å²) in [5.74, 6) is -5.31. The molecule has 2 aromatic rings. The first kappa shape index (κ1) is 36.3. The number of piperazine rings is 1. The average Bonchev–Trinajstić information content (AvgIpc) is 3.62. The molecule has 3 aliphatic rings. The van der Waals surface area contributed by atoms with E-state index in [4.69, 9.17) is 20.4 Å². The van der Waals surface area contributed by atoms with E-state index in [9.17, 15) is 32.8 Å². The molecule has 0 spiro atoms. The van der Waals surface area contributed by atoms with Gasteiger partial charge in [0.2, 0.25) is 0 Å². The Bertz CT molecular complexity index is 1430. The number of benzene rings is 2. The van der Waals surface area contributed by atoms with Gasteiger partial charge in [-0.15, -0.1) is 0 Å². The van der Waals surface area contributed by atoms with E-state index in [1.807, 2.05) is 23.1 Å². The van der Waals surface area contributed by atoms with Crippen molar-refractivity contribution in [1.29, 1.82) is 0 Å². The van der Waals surface area contributed by atoms with Crippen molar-refractivity contribution < 1.29 is 53.2 Å². The second-order valence-electron chi connectivity index (χ2n) is 10.7. The van der Waals surface area contributed by atoms with Crippen LogP contribution >= 0.6 is 0 Å². The Balaban J connectivity index is 0.000000312. The highest BCUT2D eigenvalue weighted by Gasteiger charge is 2.37. The maximum atomic E-state index is 14.1. The molecule has 0 aromatic heterocycles. The number of aliphatic carboxylic acids is 4. The van der Waals surface area contributed by atoms with Crippen LogP contribution in [0, 0.1) is 11.6 Å². The summed E-state index contributed by atoms with van der Waals surface area (Å²) in [6.45, 7) is 6.89. The van der Waals surface area contributed by atoms with Crippen molar-refractivity contribution in [3.63, 3.8) is 0 Å². The Hall–Kier alpha value is -5.15. The van der Waals surface area contributed by atoms with Gasteiger partial charge < -0.3 is 30.6 Å². The lowest BCUT2D eigenvalue weighted by molar-refractivity contribution is -0.134. The maximum absolute atomic E-state index is 14.1. The molecule has 2 aliphatic heterocycles. The average molecular weight is 659 g/mol. The molecule has 13 nitrogen and oxygen atoms in total. The number of nitrogens with one attached hydrogen (secondary N) is 1. The van der Waals surface area contributed by atoms with Crippen molar-refractivity contribution in [2.45, 2.75) is 18.4 Å². The molecular weight excluding hydrogens is 622 g/mol. The van der Waals surface area contributed by atoms with Gasteiger partial charge in [-0.2, -0.15) is 0 Å². The van der Waals surface area contributed by atoms with Crippen LogP contribution in [0.15, 0.2) is 66.8 Å². The van der Waals surface area contributed by atoms with Crippen LogP contribution in [-0.4, -0.2) is 117 Å². The van der Waals surface area contributed by atoms with Gasteiger partial charge in [0.25, 0.3) is 0 Å². The first-order valence-electron chi connectivity index (χ1n) is 14.7. The molecule has 2 heterocycles. The van der Waals surface area contributed by atoms with Crippen LogP contribution in [0.4, 0.5) is 13.6 Å². The van der Waals surface area contributed by atoms with Crippen LogP contribution in [0.3, 0.4) is 0 Å². The van der Waals surface area contributed by atoms with Gasteiger partial charge >= 0.3 is 29.9 Å². The molecule has 2 saturated heterocycles. The summed E-state index contributed by atoms with van der Waals surface area (Å²) < 4.78 is 27.5. The first-order valence-corrected chi connectivity index (χ1v) is 14.7. The van der Waals surface area contributed by atoms with Gasteiger partial charge in [-0.25, -0.2) is 32.8 Å². The Morgan fingerprint density at radius 3 is 1.74 bits per heavy atom. The van der Waals surface area contributed by atoms with E-state index in [1.165, 1.54) is 18.2 Å². The lowest BCUT2D eigenvalue weighted by atomic mass is 9.93. The summed E-state index contributed by atoms with van der Waals surface area (Å²) in [6.07, 6.45) is 3.12. The molecule has 15 heteroatoms. The quantitative estimate of drug-likeness (QED) is 0.249. The van der Waals surface area contributed by atoms with Crippen LogP contribution in [0.25, 0.3) is 0 Å². The van der Waals surface area contributed by atoms with Crippen molar-refractivity contribution >= 4 is 29.9 Å². The molecule has 0 radical (unpaired) electrons. The number of hydrogen-bond donors (Lipinski definition) is 5. The summed E-state index contributed by atoms with van der Waals surface area (Å²) in [5, 5.41) is 34.1. The summed E-state index contributed by atoms with van der Waals surface area (Å²) in [6, 6.07) is 12.0. The Morgan fingerprint density at radius 2 is 1.26 bits per heavy atom. The van der Waals surface area contributed by atoms with Gasteiger partial charge in [0.15, 0.2) is 0 Å². The number of rotatable bonds is 9. The van der Waals surface area contributed by atoms with Crippen molar-refractivity contribution in [1.82, 2.24) is 20.0 Å². The Kier molecular flexibility index (Phi) is 13.5. The number of carbonyl (C=O) groups excluding carboxylic acids is 1. The molecule has 2 amide bonds. The number of nitrogens with zero attached hydrogens (tertiary/aromatic N) is 3. The Labute approximate surface area is 269 Å². The molecule has 1 aliphatic carbocycles. The number of urea groups is 1. The zero-order chi connectivity index (χ0) is 34.5. The van der Waals surface area contributed by atoms with Gasteiger partial charge in [0.1, 0.15) is 11.6 Å². The summed E-state index contributed by atoms with van der Waals surface area (Å²) in [7, 11) is 0. The highest BCUT2D eigenvalue weighted by molar-refractivity contribution is 5.90. The fraction of sp³-hybridized carbons (Fsp3) is 0.344. The van der Waals surface area contributed by atoms with E-state index < -0.39 is 23.9 Å². The van der Waals surface area contributed by atoms with E-state index >= 15 is 0 Å². The number of hydrogen-bond acceptors (Lipinski definition) is 7. The molecule has 0 saturated carbocycles. The SMILES string of the molecule is O=C(O)/C=C\C(=O)O.O=C(O)/C=C\C(=O)O.O=C1NCCN1CCN1CCN([C@@H]2C[C@@H](c3ccc(F)cc3)c3ccc(F)cc32)CC1. The predicted molar refractivity (Wildman–Crippen MR) is 164 cm³/mol. The monoisotopic (exact) mass is 658 g/mol. The van der Waals surface area contributed by atoms with E-state index in [2.05, 4.69) is 15.1 Å². The van der Waals surface area contributed by atoms with Gasteiger partial charge in [0, 0.05) is 88.6 Å². The van der Waals surface area contributed by atoms with E-state index in [0.717, 1.165) is 75.5 Å². The predicted octanol–water partition coefficient (Wildman–Crippen LogP) is 2.61. The minimum absolute atomic E-state index is 0.0371. The molecule has 0 bridgehead atoms. The number of carbonyl (C=O) groups is 5. The fourth-order valence-corrected chi connectivity index (χ4v) is 5.56. The summed E-state index contributed by atoms with van der Waals surface area (Å²) >= 11 is 0. The van der Waals surface area contributed by atoms with Gasteiger partial charge in [-0.1, -0.05) is 18.2 Å². The zero-order valence-electron chi connectivity index (χ0n) is 25.3. The largest absolute Gasteiger partial charge is 0.478 e. The molecule has 252 valence electrons. The van der Waals surface area contributed by atoms with E-state index in [1.54, 1.807) is 6.07 Å². The Morgan fingerprint density at radius 1 is 0.723 bits per heavy atom. The summed E-state index contributed by atoms with van der Waals surface area (Å²) in [5.41, 5.74) is 3.30. The standard InChI is InChI=1S/C24H28F2N4O.2C4H4O4/c25-18-3-1-17(2-4-18)21-16-23(22-15-19(26)5-6-20(21)22)29-12-9-28(10-13-29)11-14-30-8-7-27-24(30)31;2*5-3(6)1-2-4(7)8/h1-6,15,21,23H,7-14,16H2,(H,27,31);2*1-2H,(H,5,6)(H,7,8)/b;2*2-1-/t21-,23+;;/m0../s1. The van der Waals surface area contributed by atoms with Crippen molar-refractivity contribution in [2.24, 2.45) is 0 Å². The summed E-state index contributed by atoms with van der Waals surface area (Å²) in [4.78, 5) is 56.7. The number of fused-ring (bicyclic) bond motifs is 1. The minimum atomic E-state index is -1.26. The third-order valence-corrected chi connectivity index (χ3v) is 7.73. The molecule has 5 rings (SSSR count). The second-order valence-corrected chi connectivity index (χ2v) is 10.7. The normalized spacial score (nSPS) is 19.4. The number of halogens is 2. The minimum Gasteiger partial charge on any atom is -0.478 e. The topological polar surface area (TPSA) is 188 Å². The van der Waals surface area contributed by atoms with Crippen molar-refractivity contribution in [3.8, 4) is 0 Å². The third-order valence-electron chi connectivity index (χ3n) is 7.73. The van der Waals surface area contributed by atoms with Crippen molar-refractivity contribution in [2.75, 3.05) is 52.4 Å². The third kappa shape index (κ3) is 11.6. The number of carboxylic acid groups (broad SMARTS) is 4. The molecule has 2 atom stereocenters. The van der Waals surface area contributed by atoms with E-state index in [0.29, 0.717) is 24.3 Å². The van der Waals surface area contributed by atoms with Crippen LogP contribution in [0.5, 0.6) is 0 Å². The zero-order valence-corrected chi connectivity index (χ0v) is 25.3. The maximum Gasteiger partial charge on any atom is 0.328 e. The number of carboxylic acids is 4. The second kappa shape index (κ2) is 17.5. The van der Waals surface area contributed by atoms with Crippen LogP contribution in [-0.2, 0) is 19.2 Å². The van der Waals surface area contributed by atoms with Gasteiger partial charge in [-0.05, 0) is 47.4 Å². The van der Waals surface area contributed by atoms with Gasteiger partial charge in [-0.3, -0.25) is 9.80 Å². The van der Waals surface area contributed by atoms with Crippen LogP contribution < -0.4 is 5.32 Å². The molecule has 2 fully saturated rings. The number of amides is 2. The fourth-order valence-electron chi connectivity index (χ4n) is 5.56. The van der Waals surface area contributed by atoms with E-state index in [-0.39, 0.29) is 29.6 Å².